The summed E-state index contributed by atoms with van der Waals surface area (Å²) in [5, 5.41) is 3.43. The van der Waals surface area contributed by atoms with E-state index in [-0.39, 0.29) is 11.1 Å². The standard InChI is InChI=1S/C13H11BrCl2N2O/c1-2-7-5-8(14)3-4-10(7)18-13(19)11-6-9(15)12(16)17-11/h3-6,17H,2H2,1H3,(H,18,19). The predicted octanol–water partition coefficient (Wildman–Crippen LogP) is 4.90. The number of benzene rings is 1. The van der Waals surface area contributed by atoms with E-state index in [0.717, 1.165) is 22.1 Å². The molecule has 0 spiro atoms. The fourth-order valence-corrected chi connectivity index (χ4v) is 2.41. The third-order valence-corrected chi connectivity index (χ3v) is 3.85. The second kappa shape index (κ2) is 5.99. The Morgan fingerprint density at radius 3 is 2.68 bits per heavy atom. The molecule has 2 rings (SSSR count). The topological polar surface area (TPSA) is 44.9 Å². The molecular formula is C13H11BrCl2N2O. The number of hydrogen-bond donors (Lipinski definition) is 2. The van der Waals surface area contributed by atoms with Gasteiger partial charge in [0.1, 0.15) is 10.8 Å². The van der Waals surface area contributed by atoms with Gasteiger partial charge < -0.3 is 10.3 Å². The maximum absolute atomic E-state index is 12.1. The Kier molecular flexibility index (Phi) is 4.55. The fraction of sp³-hybridized carbons (Fsp3) is 0.154. The summed E-state index contributed by atoms with van der Waals surface area (Å²) in [4.78, 5) is 14.8. The van der Waals surface area contributed by atoms with E-state index in [4.69, 9.17) is 23.2 Å². The summed E-state index contributed by atoms with van der Waals surface area (Å²) in [7, 11) is 0. The molecule has 0 fully saturated rings. The molecule has 100 valence electrons. The lowest BCUT2D eigenvalue weighted by Gasteiger charge is -2.09. The third kappa shape index (κ3) is 3.32. The minimum Gasteiger partial charge on any atom is -0.340 e. The maximum Gasteiger partial charge on any atom is 0.272 e. The zero-order chi connectivity index (χ0) is 14.0. The minimum atomic E-state index is -0.272. The lowest BCUT2D eigenvalue weighted by Crippen LogP contribution is -2.13. The van der Waals surface area contributed by atoms with Crippen LogP contribution in [0.5, 0.6) is 0 Å². The van der Waals surface area contributed by atoms with Gasteiger partial charge in [-0.25, -0.2) is 0 Å². The summed E-state index contributed by atoms with van der Waals surface area (Å²) < 4.78 is 0.980. The van der Waals surface area contributed by atoms with Crippen molar-refractivity contribution in [2.45, 2.75) is 13.3 Å². The van der Waals surface area contributed by atoms with Crippen molar-refractivity contribution in [2.75, 3.05) is 5.32 Å². The molecule has 0 saturated carbocycles. The smallest absolute Gasteiger partial charge is 0.272 e. The average molecular weight is 362 g/mol. The van der Waals surface area contributed by atoms with Crippen molar-refractivity contribution in [1.29, 1.82) is 0 Å². The first-order chi connectivity index (χ1) is 9.01. The van der Waals surface area contributed by atoms with Gasteiger partial charge in [-0.3, -0.25) is 4.79 Å². The van der Waals surface area contributed by atoms with Crippen LogP contribution in [0.3, 0.4) is 0 Å². The van der Waals surface area contributed by atoms with Gasteiger partial charge in [0, 0.05) is 10.2 Å². The summed E-state index contributed by atoms with van der Waals surface area (Å²) in [5.74, 6) is -0.272. The van der Waals surface area contributed by atoms with Gasteiger partial charge >= 0.3 is 0 Å². The van der Waals surface area contributed by atoms with E-state index >= 15 is 0 Å². The van der Waals surface area contributed by atoms with Gasteiger partial charge in [-0.05, 0) is 36.2 Å². The van der Waals surface area contributed by atoms with Crippen molar-refractivity contribution in [3.05, 3.63) is 50.2 Å². The van der Waals surface area contributed by atoms with Gasteiger partial charge in [0.2, 0.25) is 0 Å². The van der Waals surface area contributed by atoms with Crippen LogP contribution in [0, 0.1) is 0 Å². The zero-order valence-corrected chi connectivity index (χ0v) is 13.2. The molecule has 0 aliphatic rings. The van der Waals surface area contributed by atoms with Gasteiger partial charge in [-0.1, -0.05) is 46.1 Å². The molecule has 2 N–H and O–H groups in total. The summed E-state index contributed by atoms with van der Waals surface area (Å²) in [6.45, 7) is 2.03. The second-order valence-electron chi connectivity index (χ2n) is 3.95. The minimum absolute atomic E-state index is 0.262. The van der Waals surface area contributed by atoms with Crippen molar-refractivity contribution < 1.29 is 4.79 Å². The first kappa shape index (κ1) is 14.4. The molecule has 0 atom stereocenters. The lowest BCUT2D eigenvalue weighted by atomic mass is 10.1. The number of nitrogens with one attached hydrogen (secondary N) is 2. The van der Waals surface area contributed by atoms with E-state index < -0.39 is 0 Å². The van der Waals surface area contributed by atoms with Crippen LogP contribution in [0.25, 0.3) is 0 Å². The zero-order valence-electron chi connectivity index (χ0n) is 10.1. The number of aromatic amines is 1. The molecule has 0 aliphatic carbocycles. The van der Waals surface area contributed by atoms with Crippen LogP contribution in [0.15, 0.2) is 28.7 Å². The van der Waals surface area contributed by atoms with Crippen LogP contribution in [0.2, 0.25) is 10.2 Å². The Morgan fingerprint density at radius 2 is 2.11 bits per heavy atom. The number of carbonyl (C=O) groups excluding carboxylic acids is 1. The number of rotatable bonds is 3. The third-order valence-electron chi connectivity index (χ3n) is 2.67. The molecule has 1 amide bonds. The number of hydrogen-bond acceptors (Lipinski definition) is 1. The Morgan fingerprint density at radius 1 is 1.37 bits per heavy atom. The van der Waals surface area contributed by atoms with Crippen LogP contribution < -0.4 is 5.32 Å². The highest BCUT2D eigenvalue weighted by Gasteiger charge is 2.13. The summed E-state index contributed by atoms with van der Waals surface area (Å²) in [6, 6.07) is 7.21. The van der Waals surface area contributed by atoms with Gasteiger partial charge in [-0.2, -0.15) is 0 Å². The Bertz CT molecular complexity index is 606. The maximum atomic E-state index is 12.1. The Hall–Kier alpha value is -0.970. The van der Waals surface area contributed by atoms with E-state index in [9.17, 15) is 4.79 Å². The average Bonchev–Trinajstić information content (AvgIpc) is 2.72. The molecule has 0 bridgehead atoms. The molecule has 6 heteroatoms. The van der Waals surface area contributed by atoms with Crippen molar-refractivity contribution in [2.24, 2.45) is 0 Å². The quantitative estimate of drug-likeness (QED) is 0.802. The Balaban J connectivity index is 2.23. The molecule has 1 heterocycles. The summed E-state index contributed by atoms with van der Waals surface area (Å²) >= 11 is 15.0. The molecule has 1 aromatic carbocycles. The van der Waals surface area contributed by atoms with Gasteiger partial charge in [-0.15, -0.1) is 0 Å². The highest BCUT2D eigenvalue weighted by atomic mass is 79.9. The molecule has 19 heavy (non-hydrogen) atoms. The molecule has 3 nitrogen and oxygen atoms in total. The highest BCUT2D eigenvalue weighted by molar-refractivity contribution is 9.10. The Labute approximate surface area is 129 Å². The first-order valence-corrected chi connectivity index (χ1v) is 7.20. The van der Waals surface area contributed by atoms with Crippen LogP contribution in [-0.2, 0) is 6.42 Å². The molecule has 0 radical (unpaired) electrons. The van der Waals surface area contributed by atoms with Gasteiger partial charge in [0.05, 0.1) is 5.02 Å². The monoisotopic (exact) mass is 360 g/mol. The first-order valence-electron chi connectivity index (χ1n) is 5.65. The van der Waals surface area contributed by atoms with Crippen LogP contribution in [0.4, 0.5) is 5.69 Å². The number of aromatic nitrogens is 1. The van der Waals surface area contributed by atoms with Crippen LogP contribution in [0.1, 0.15) is 23.0 Å². The van der Waals surface area contributed by atoms with Crippen molar-refractivity contribution >= 4 is 50.7 Å². The number of halogens is 3. The number of carbonyl (C=O) groups is 1. The number of anilines is 1. The number of amides is 1. The molecule has 2 aromatic rings. The van der Waals surface area contributed by atoms with Crippen LogP contribution >= 0.6 is 39.1 Å². The van der Waals surface area contributed by atoms with Crippen molar-refractivity contribution in [3.63, 3.8) is 0 Å². The second-order valence-corrected chi connectivity index (χ2v) is 5.65. The van der Waals surface area contributed by atoms with Gasteiger partial charge in [0.25, 0.3) is 5.91 Å². The van der Waals surface area contributed by atoms with E-state index in [1.54, 1.807) is 0 Å². The molecule has 1 aromatic heterocycles. The molecule has 0 saturated heterocycles. The SMILES string of the molecule is CCc1cc(Br)ccc1NC(=O)c1cc(Cl)c(Cl)[nH]1. The lowest BCUT2D eigenvalue weighted by molar-refractivity contribution is 0.102. The predicted molar refractivity (Wildman–Crippen MR) is 82.3 cm³/mol. The summed E-state index contributed by atoms with van der Waals surface area (Å²) in [6.07, 6.45) is 0.821. The normalized spacial score (nSPS) is 10.5. The largest absolute Gasteiger partial charge is 0.340 e. The molecule has 0 unspecified atom stereocenters. The number of aryl methyl sites for hydroxylation is 1. The number of H-pyrrole nitrogens is 1. The van der Waals surface area contributed by atoms with Crippen molar-refractivity contribution in [3.8, 4) is 0 Å². The van der Waals surface area contributed by atoms with Crippen LogP contribution in [-0.4, -0.2) is 10.9 Å². The highest BCUT2D eigenvalue weighted by Crippen LogP contribution is 2.24. The molecule has 0 aliphatic heterocycles. The van der Waals surface area contributed by atoms with Crippen molar-refractivity contribution in [1.82, 2.24) is 4.98 Å². The van der Waals surface area contributed by atoms with E-state index in [0.29, 0.717) is 10.7 Å². The van der Waals surface area contributed by atoms with E-state index in [1.165, 1.54) is 6.07 Å². The van der Waals surface area contributed by atoms with E-state index in [1.807, 2.05) is 25.1 Å². The summed E-state index contributed by atoms with van der Waals surface area (Å²) in [5.41, 5.74) is 2.16. The van der Waals surface area contributed by atoms with E-state index in [2.05, 4.69) is 26.2 Å². The fourth-order valence-electron chi connectivity index (χ4n) is 1.69. The van der Waals surface area contributed by atoms with Gasteiger partial charge in [0.15, 0.2) is 0 Å². The molecular weight excluding hydrogens is 351 g/mol.